The van der Waals surface area contributed by atoms with Gasteiger partial charge in [0.15, 0.2) is 0 Å². The maximum absolute atomic E-state index is 14.1. The van der Waals surface area contributed by atoms with Crippen LogP contribution in [0.4, 0.5) is 5.69 Å². The minimum atomic E-state index is -1.83. The molecule has 0 aromatic heterocycles. The average molecular weight is 770 g/mol. The molecule has 0 unspecified atom stereocenters. The predicted molar refractivity (Wildman–Crippen MR) is 198 cm³/mol. The van der Waals surface area contributed by atoms with Crippen molar-refractivity contribution < 1.29 is 53.1 Å². The van der Waals surface area contributed by atoms with Crippen LogP contribution in [0.25, 0.3) is 0 Å². The van der Waals surface area contributed by atoms with Crippen LogP contribution in [0.2, 0.25) is 0 Å². The number of amides is 2. The molecule has 304 valence electrons. The van der Waals surface area contributed by atoms with Gasteiger partial charge in [-0.05, 0) is 50.3 Å². The first-order valence-electron chi connectivity index (χ1n) is 20.0. The van der Waals surface area contributed by atoms with Gasteiger partial charge in [0.2, 0.25) is 11.8 Å². The molecule has 7 rings (SSSR count). The normalized spacial score (nSPS) is 41.9. The van der Waals surface area contributed by atoms with Crippen LogP contribution in [0.1, 0.15) is 76.6 Å². The van der Waals surface area contributed by atoms with Crippen molar-refractivity contribution in [2.24, 2.45) is 52.1 Å². The minimum Gasteiger partial charge on any atom is -0.461 e. The number of hydrogen-bond acceptors (Lipinski definition) is 12. The summed E-state index contributed by atoms with van der Waals surface area (Å²) in [7, 11) is 4.88. The summed E-state index contributed by atoms with van der Waals surface area (Å²) in [5, 5.41) is 29.8. The Hall–Kier alpha value is -3.14. The maximum Gasteiger partial charge on any atom is 0.340 e. The van der Waals surface area contributed by atoms with Crippen LogP contribution in [0, 0.1) is 46.3 Å². The fourth-order valence-corrected chi connectivity index (χ4v) is 13.0. The first-order valence-corrected chi connectivity index (χ1v) is 20.0. The number of hydrogen-bond donors (Lipinski definition) is 4. The summed E-state index contributed by atoms with van der Waals surface area (Å²) in [6, 6.07) is 6.00. The zero-order valence-electron chi connectivity index (χ0n) is 33.1. The Morgan fingerprint density at radius 3 is 2.40 bits per heavy atom. The molecule has 1 spiro atoms. The molecule has 1 aromatic carbocycles. The van der Waals surface area contributed by atoms with E-state index in [0.29, 0.717) is 38.8 Å². The van der Waals surface area contributed by atoms with Crippen molar-refractivity contribution in [3.8, 4) is 0 Å². The van der Waals surface area contributed by atoms with E-state index in [2.05, 4.69) is 10.2 Å². The van der Waals surface area contributed by atoms with Crippen LogP contribution in [0.5, 0.6) is 0 Å². The number of nitrogens with two attached hydrogens (primary N) is 1. The van der Waals surface area contributed by atoms with E-state index in [0.717, 1.165) is 0 Å². The molecule has 55 heavy (non-hydrogen) atoms. The van der Waals surface area contributed by atoms with Crippen molar-refractivity contribution in [1.82, 2.24) is 4.90 Å². The molecule has 5 aliphatic carbocycles. The molecule has 5 N–H and O–H groups in total. The van der Waals surface area contributed by atoms with E-state index in [1.165, 1.54) is 0 Å². The van der Waals surface area contributed by atoms with Crippen LogP contribution < -0.4 is 11.1 Å². The Morgan fingerprint density at radius 1 is 1.04 bits per heavy atom. The van der Waals surface area contributed by atoms with Crippen molar-refractivity contribution in [2.75, 3.05) is 46.3 Å². The molecular formula is C41H59N3O11. The molecule has 6 aliphatic rings. The summed E-state index contributed by atoms with van der Waals surface area (Å²) in [6.45, 7) is 8.41. The molecule has 1 saturated heterocycles. The van der Waals surface area contributed by atoms with E-state index >= 15 is 0 Å². The monoisotopic (exact) mass is 769 g/mol. The van der Waals surface area contributed by atoms with Gasteiger partial charge in [0.1, 0.15) is 17.3 Å². The highest BCUT2D eigenvalue weighted by atomic mass is 16.6. The summed E-state index contributed by atoms with van der Waals surface area (Å²) < 4.78 is 31.7. The Morgan fingerprint density at radius 2 is 1.76 bits per heavy atom. The van der Waals surface area contributed by atoms with Crippen molar-refractivity contribution in [1.29, 1.82) is 0 Å². The molecule has 14 heteroatoms. The number of primary amides is 1. The quantitative estimate of drug-likeness (QED) is 0.202. The van der Waals surface area contributed by atoms with Gasteiger partial charge in [-0.1, -0.05) is 39.8 Å². The number of carbonyl (C=O) groups excluding carboxylic acids is 4. The third-order valence-electron chi connectivity index (χ3n) is 15.1. The van der Waals surface area contributed by atoms with Crippen molar-refractivity contribution in [3.63, 3.8) is 0 Å². The number of fused-ring (bicyclic) bond motifs is 2. The largest absolute Gasteiger partial charge is 0.461 e. The molecule has 6 fully saturated rings. The lowest BCUT2D eigenvalue weighted by molar-refractivity contribution is -0.319. The number of nitrogens with one attached hydrogen (secondary N) is 1. The van der Waals surface area contributed by atoms with Gasteiger partial charge in [0, 0.05) is 75.2 Å². The van der Waals surface area contributed by atoms with Crippen LogP contribution in [0.15, 0.2) is 24.3 Å². The van der Waals surface area contributed by atoms with Gasteiger partial charge in [0.25, 0.3) is 0 Å². The van der Waals surface area contributed by atoms with Gasteiger partial charge in [0.05, 0.1) is 48.1 Å². The third kappa shape index (κ3) is 5.48. The smallest absolute Gasteiger partial charge is 0.340 e. The van der Waals surface area contributed by atoms with Crippen LogP contribution in [-0.4, -0.2) is 122 Å². The maximum atomic E-state index is 14.1. The number of likely N-dealkylation sites (N-methyl/N-ethyl adjacent to an activating group) is 1. The van der Waals surface area contributed by atoms with E-state index < -0.39 is 81.9 Å². The van der Waals surface area contributed by atoms with Crippen molar-refractivity contribution in [2.45, 2.75) is 108 Å². The minimum absolute atomic E-state index is 0.0133. The van der Waals surface area contributed by atoms with E-state index in [1.807, 2.05) is 20.8 Å². The summed E-state index contributed by atoms with van der Waals surface area (Å²) in [5.74, 6) is -4.54. The lowest BCUT2D eigenvalue weighted by Crippen LogP contribution is -2.82. The van der Waals surface area contributed by atoms with E-state index in [1.54, 1.807) is 52.5 Å². The SMILES string of the molecule is CC[C@H](C)C(=O)O[C@H]1[C@@H]2C[C@@H]3[C@H]1[C@](O)(C[C@@H]2OC)[C@@]1(O)[C@@H](OC)[C@@H]2[C@@]4(COC(=O)c5ccccc5NC(=O)[C@@H](C)CC(N)=O)CC[C@H](OC)[C@@]32[C@@H]1N(CC)C4. The molecular weight excluding hydrogens is 710 g/mol. The Balaban J connectivity index is 1.30. The number of carbonyl (C=O) groups is 4. The second kappa shape index (κ2) is 14.4. The van der Waals surface area contributed by atoms with Gasteiger partial charge < -0.3 is 44.9 Å². The number of aliphatic hydroxyl groups is 2. The fraction of sp³-hybridized carbons (Fsp3) is 0.756. The van der Waals surface area contributed by atoms with E-state index in [4.69, 9.17) is 29.4 Å². The first kappa shape index (κ1) is 40.1. The average Bonchev–Trinajstić information content (AvgIpc) is 3.56. The van der Waals surface area contributed by atoms with Crippen LogP contribution >= 0.6 is 0 Å². The van der Waals surface area contributed by atoms with Gasteiger partial charge >= 0.3 is 11.9 Å². The van der Waals surface area contributed by atoms with Crippen molar-refractivity contribution in [3.05, 3.63) is 29.8 Å². The summed E-state index contributed by atoms with van der Waals surface area (Å²) in [4.78, 5) is 54.2. The zero-order valence-corrected chi connectivity index (χ0v) is 33.1. The number of nitrogens with zero attached hydrogens (tertiary/aromatic N) is 1. The molecule has 1 aliphatic heterocycles. The summed E-state index contributed by atoms with van der Waals surface area (Å²) >= 11 is 0. The Labute approximate surface area is 323 Å². The third-order valence-corrected chi connectivity index (χ3v) is 15.1. The second-order valence-corrected chi connectivity index (χ2v) is 17.4. The second-order valence-electron chi connectivity index (χ2n) is 17.4. The number of anilines is 1. The summed E-state index contributed by atoms with van der Waals surface area (Å²) in [6.07, 6.45) is 0.0446. The molecule has 0 radical (unpaired) electrons. The number of ether oxygens (including phenoxy) is 5. The first-order chi connectivity index (χ1) is 26.1. The molecule has 7 bridgehead atoms. The zero-order chi connectivity index (χ0) is 39.8. The molecule has 1 aromatic rings. The number of benzene rings is 1. The predicted octanol–water partition coefficient (Wildman–Crippen LogP) is 2.53. The molecule has 15 atom stereocenters. The van der Waals surface area contributed by atoms with E-state index in [-0.39, 0.29) is 60.5 Å². The number of methoxy groups -OCH3 is 3. The molecule has 5 saturated carbocycles. The summed E-state index contributed by atoms with van der Waals surface area (Å²) in [5.41, 5.74) is 0.641. The lowest BCUT2D eigenvalue weighted by atomic mass is 9.42. The lowest BCUT2D eigenvalue weighted by Gasteiger charge is -2.70. The number of esters is 2. The number of rotatable bonds is 14. The number of para-hydroxylation sites is 1. The molecule has 2 amide bonds. The number of piperidine rings is 1. The van der Waals surface area contributed by atoms with Crippen molar-refractivity contribution >= 4 is 29.4 Å². The van der Waals surface area contributed by atoms with Crippen LogP contribution in [-0.2, 0) is 38.1 Å². The van der Waals surface area contributed by atoms with E-state index in [9.17, 15) is 29.4 Å². The molecule has 14 nitrogen and oxygen atoms in total. The van der Waals surface area contributed by atoms with Gasteiger partial charge in [-0.3, -0.25) is 19.3 Å². The number of likely N-dealkylation sites (tertiary alicyclic amines) is 1. The standard InChI is InChI=1S/C41H59N3O11/c1-8-21(3)35(47)55-31-24-17-25-30(31)39(49,18-27(24)51-5)41(50)33(53-7)32-38(15-14-28(52-6)40(25,32)37(41)44(9-2)19-38)20-54-36(48)23-12-10-11-13-26(23)43-34(46)22(4)16-29(42)45/h10-13,21-22,24-25,27-28,30-33,37,49-50H,8-9,14-20H2,1-7H3,(H2,42,45)(H,43,46)/t21-,22-,24+,25+,27-,28-,30+,31-,32+,33-,37-,38-,39+,40-,41+/m0/s1. The fourth-order valence-electron chi connectivity index (χ4n) is 13.0. The molecule has 1 heterocycles. The topological polar surface area (TPSA) is 196 Å². The van der Waals surface area contributed by atoms with Gasteiger partial charge in [-0.2, -0.15) is 0 Å². The highest BCUT2D eigenvalue weighted by Gasteiger charge is 2.92. The Bertz CT molecular complexity index is 1690. The van der Waals surface area contributed by atoms with Crippen LogP contribution in [0.3, 0.4) is 0 Å². The van der Waals surface area contributed by atoms with Gasteiger partial charge in [-0.15, -0.1) is 0 Å². The Kier molecular flexibility index (Phi) is 10.5. The highest BCUT2D eigenvalue weighted by Crippen LogP contribution is 2.80. The van der Waals surface area contributed by atoms with Gasteiger partial charge in [-0.25, -0.2) is 4.79 Å². The highest BCUT2D eigenvalue weighted by molar-refractivity contribution is 6.02.